The number of quaternary nitrogens is 1. The molecule has 398 valence electrons. The van der Waals surface area contributed by atoms with Gasteiger partial charge in [0.05, 0.1) is 33.8 Å². The van der Waals surface area contributed by atoms with Gasteiger partial charge in [-0.2, -0.15) is 0 Å². The summed E-state index contributed by atoms with van der Waals surface area (Å²) < 4.78 is 30.6. The number of nitrogens with one attached hydrogen (secondary N) is 1. The lowest BCUT2D eigenvalue weighted by molar-refractivity contribution is -0.870. The van der Waals surface area contributed by atoms with Gasteiger partial charge in [-0.05, 0) is 31.8 Å². The van der Waals surface area contributed by atoms with Crippen molar-refractivity contribution in [2.24, 2.45) is 0 Å². The number of esters is 1. The van der Waals surface area contributed by atoms with Crippen molar-refractivity contribution >= 4 is 19.7 Å². The summed E-state index contributed by atoms with van der Waals surface area (Å²) in [5.41, 5.74) is 0. The minimum absolute atomic E-state index is 0.0454. The molecule has 0 radical (unpaired) electrons. The summed E-state index contributed by atoms with van der Waals surface area (Å²) in [5, 5.41) is 3.05. The van der Waals surface area contributed by atoms with Gasteiger partial charge in [-0.15, -0.1) is 0 Å². The Kier molecular flexibility index (Phi) is 47.5. The van der Waals surface area contributed by atoms with Gasteiger partial charge in [-0.3, -0.25) is 18.6 Å². The van der Waals surface area contributed by atoms with E-state index < -0.39 is 20.0 Å². The first-order valence-corrected chi connectivity index (χ1v) is 30.5. The lowest BCUT2D eigenvalue weighted by atomic mass is 10.0. The van der Waals surface area contributed by atoms with E-state index in [0.717, 1.165) is 57.8 Å². The molecule has 0 aliphatic rings. The molecule has 3 atom stereocenters. The van der Waals surface area contributed by atoms with E-state index >= 15 is 0 Å². The van der Waals surface area contributed by atoms with E-state index in [-0.39, 0.29) is 25.1 Å². The number of rotatable bonds is 53. The first-order valence-electron chi connectivity index (χ1n) is 29.0. The number of unbranched alkanes of at least 4 members (excludes halogenated alkanes) is 37. The van der Waals surface area contributed by atoms with Crippen LogP contribution in [0.4, 0.5) is 0 Å². The molecule has 0 fully saturated rings. The van der Waals surface area contributed by atoms with Crippen LogP contribution in [0.2, 0.25) is 0 Å². The molecule has 0 spiro atoms. The van der Waals surface area contributed by atoms with Gasteiger partial charge in [-0.25, -0.2) is 4.57 Å². The van der Waals surface area contributed by atoms with E-state index in [9.17, 15) is 19.0 Å². The fourth-order valence-electron chi connectivity index (χ4n) is 8.71. The van der Waals surface area contributed by atoms with Crippen LogP contribution in [0.5, 0.6) is 0 Å². The third-order valence-electron chi connectivity index (χ3n) is 13.2. The van der Waals surface area contributed by atoms with Crippen LogP contribution < -0.4 is 5.32 Å². The number of nitrogens with zero attached hydrogens (tertiary/aromatic N) is 1. The molecule has 9 nitrogen and oxygen atoms in total. The van der Waals surface area contributed by atoms with Crippen LogP contribution in [-0.4, -0.2) is 74.3 Å². The number of phosphoric ester groups is 1. The van der Waals surface area contributed by atoms with Crippen molar-refractivity contribution in [3.8, 4) is 0 Å². The van der Waals surface area contributed by atoms with E-state index in [4.69, 9.17) is 13.8 Å². The Hall–Kier alpha value is -1.25. The minimum Gasteiger partial charge on any atom is -0.456 e. The molecule has 0 bridgehead atoms. The minimum atomic E-state index is -4.43. The molecule has 10 heteroatoms. The van der Waals surface area contributed by atoms with Crippen LogP contribution in [0.1, 0.15) is 290 Å². The summed E-state index contributed by atoms with van der Waals surface area (Å²) in [6, 6.07) is -0.837. The van der Waals surface area contributed by atoms with Gasteiger partial charge in [0.25, 0.3) is 0 Å². The van der Waals surface area contributed by atoms with Gasteiger partial charge in [0, 0.05) is 12.8 Å². The Labute approximate surface area is 416 Å². The number of amides is 1. The summed E-state index contributed by atoms with van der Waals surface area (Å²) in [4.78, 5) is 37.5. The van der Waals surface area contributed by atoms with E-state index in [1.165, 1.54) is 199 Å². The molecular weight excluding hydrogens is 856 g/mol. The molecule has 67 heavy (non-hydrogen) atoms. The molecule has 0 aliphatic carbocycles. The van der Waals surface area contributed by atoms with Crippen LogP contribution in [0.3, 0.4) is 0 Å². The van der Waals surface area contributed by atoms with Gasteiger partial charge in [0.2, 0.25) is 5.91 Å². The Morgan fingerprint density at radius 3 is 1.22 bits per heavy atom. The smallest absolute Gasteiger partial charge is 0.456 e. The van der Waals surface area contributed by atoms with Crippen molar-refractivity contribution in [2.45, 2.75) is 303 Å². The lowest BCUT2D eigenvalue weighted by Gasteiger charge is -2.27. The number of ether oxygens (including phenoxy) is 1. The van der Waals surface area contributed by atoms with Crippen molar-refractivity contribution in [3.63, 3.8) is 0 Å². The number of hydrogen-bond donors (Lipinski definition) is 2. The van der Waals surface area contributed by atoms with E-state index in [2.05, 4.69) is 26.1 Å². The summed E-state index contributed by atoms with van der Waals surface area (Å²) in [6.45, 7) is 7.04. The first kappa shape index (κ1) is 65.8. The molecule has 0 saturated heterocycles. The molecule has 3 unspecified atom stereocenters. The quantitative estimate of drug-likeness (QED) is 0.0205. The fourth-order valence-corrected chi connectivity index (χ4v) is 9.44. The molecule has 0 heterocycles. The topological polar surface area (TPSA) is 111 Å². The molecule has 0 saturated carbocycles. The molecule has 0 aliphatic heterocycles. The third-order valence-corrected chi connectivity index (χ3v) is 14.2. The molecule has 0 aromatic carbocycles. The highest BCUT2D eigenvalue weighted by molar-refractivity contribution is 7.47. The number of allylic oxidation sites excluding steroid dienone is 1. The SMILES string of the molecule is CCCCCCCCCCC/C=C/C(OC(=O)CCCCCCCCCCCCCCCCC)C(COP(=O)(O)OCC[N+](C)(C)C)NC(=O)CCCCCCCCCCCCCCCCC. The Morgan fingerprint density at radius 1 is 0.507 bits per heavy atom. The molecule has 0 aromatic rings. The van der Waals surface area contributed by atoms with Crippen LogP contribution >= 0.6 is 7.82 Å². The maximum absolute atomic E-state index is 13.5. The number of carbonyl (C=O) groups is 2. The number of carbonyl (C=O) groups excluding carboxylic acids is 2. The van der Waals surface area contributed by atoms with Gasteiger partial charge >= 0.3 is 13.8 Å². The summed E-state index contributed by atoms with van der Waals surface area (Å²) in [6.07, 6.45) is 53.4. The summed E-state index contributed by atoms with van der Waals surface area (Å²) in [7, 11) is 1.51. The molecule has 0 aromatic heterocycles. The summed E-state index contributed by atoms with van der Waals surface area (Å²) >= 11 is 0. The average molecular weight is 971 g/mol. The Morgan fingerprint density at radius 2 is 0.851 bits per heavy atom. The van der Waals surface area contributed by atoms with Crippen molar-refractivity contribution in [1.29, 1.82) is 0 Å². The van der Waals surface area contributed by atoms with Crippen molar-refractivity contribution in [3.05, 3.63) is 12.2 Å². The second kappa shape index (κ2) is 48.4. The van der Waals surface area contributed by atoms with E-state index in [1.807, 2.05) is 33.3 Å². The zero-order valence-electron chi connectivity index (χ0n) is 45.4. The van der Waals surface area contributed by atoms with Gasteiger partial charge in [0.1, 0.15) is 19.3 Å². The monoisotopic (exact) mass is 970 g/mol. The maximum atomic E-state index is 13.5. The second-order valence-corrected chi connectivity index (χ2v) is 22.6. The Balaban J connectivity index is 5.27. The third kappa shape index (κ3) is 49.5. The fraction of sp³-hybridized carbons (Fsp3) is 0.930. The van der Waals surface area contributed by atoms with Gasteiger partial charge in [-0.1, -0.05) is 258 Å². The molecule has 2 N–H and O–H groups in total. The maximum Gasteiger partial charge on any atom is 0.472 e. The zero-order valence-corrected chi connectivity index (χ0v) is 46.3. The number of hydrogen-bond acceptors (Lipinski definition) is 6. The van der Waals surface area contributed by atoms with Crippen LogP contribution in [0.25, 0.3) is 0 Å². The Bertz CT molecular complexity index is 1160. The predicted octanol–water partition coefficient (Wildman–Crippen LogP) is 17.2. The number of phosphoric acid groups is 1. The molecule has 0 rings (SSSR count). The predicted molar refractivity (Wildman–Crippen MR) is 287 cm³/mol. The second-order valence-electron chi connectivity index (χ2n) is 21.2. The number of likely N-dealkylation sites (N-methyl/N-ethyl adjacent to an activating group) is 1. The highest BCUT2D eigenvalue weighted by Gasteiger charge is 2.30. The highest BCUT2D eigenvalue weighted by Crippen LogP contribution is 2.43. The average Bonchev–Trinajstić information content (AvgIpc) is 3.28. The first-order chi connectivity index (χ1) is 32.4. The normalized spacial score (nSPS) is 13.8. The summed E-state index contributed by atoms with van der Waals surface area (Å²) in [5.74, 6) is -0.488. The van der Waals surface area contributed by atoms with E-state index in [0.29, 0.717) is 23.9 Å². The van der Waals surface area contributed by atoms with E-state index in [1.54, 1.807) is 0 Å². The molecule has 1 amide bonds. The van der Waals surface area contributed by atoms with Gasteiger partial charge < -0.3 is 19.4 Å². The lowest BCUT2D eigenvalue weighted by Crippen LogP contribution is -2.47. The van der Waals surface area contributed by atoms with Crippen LogP contribution in [0, 0.1) is 0 Å². The van der Waals surface area contributed by atoms with Crippen molar-refractivity contribution < 1.29 is 37.3 Å². The zero-order chi connectivity index (χ0) is 49.4. The van der Waals surface area contributed by atoms with Crippen molar-refractivity contribution in [2.75, 3.05) is 40.9 Å². The highest BCUT2D eigenvalue weighted by atomic mass is 31.2. The largest absolute Gasteiger partial charge is 0.472 e. The van der Waals surface area contributed by atoms with Crippen molar-refractivity contribution in [1.82, 2.24) is 5.32 Å². The standard InChI is InChI=1S/C57H113N2O7P/c1-7-10-13-16-19-22-25-27-29-31-34-37-40-43-46-49-56(60)58-54(53-65-67(62,63)64-52-51-59(4,5)6)55(48-45-42-39-36-33-24-21-18-15-12-9-3)66-57(61)50-47-44-41-38-35-32-30-28-26-23-20-17-14-11-8-2/h45,48,54-55H,7-44,46-47,49-53H2,1-6H3,(H-,58,60,62,63)/p+1/b48-45+. The van der Waals surface area contributed by atoms with Crippen LogP contribution in [0.15, 0.2) is 12.2 Å². The van der Waals surface area contributed by atoms with Crippen LogP contribution in [-0.2, 0) is 27.9 Å². The van der Waals surface area contributed by atoms with Gasteiger partial charge in [0.15, 0.2) is 0 Å². The molecular formula is C57H114N2O7P+.